The number of nitrogens with zero attached hydrogens (tertiary/aromatic N) is 5. The maximum atomic E-state index is 12.9. The third kappa shape index (κ3) is 3.32. The molecule has 2 bridgehead atoms. The van der Waals surface area contributed by atoms with Crippen LogP contribution < -0.4 is 0 Å². The highest BCUT2D eigenvalue weighted by molar-refractivity contribution is 5.94. The summed E-state index contributed by atoms with van der Waals surface area (Å²) in [5, 5.41) is 4.38. The van der Waals surface area contributed by atoms with Gasteiger partial charge in [0.25, 0.3) is 5.91 Å². The molecule has 0 aliphatic carbocycles. The summed E-state index contributed by atoms with van der Waals surface area (Å²) < 4.78 is 1.80. The van der Waals surface area contributed by atoms with E-state index in [0.29, 0.717) is 25.3 Å². The lowest BCUT2D eigenvalue weighted by atomic mass is 9.94. The minimum atomic E-state index is -0.234. The van der Waals surface area contributed by atoms with Gasteiger partial charge in [0, 0.05) is 45.5 Å². The van der Waals surface area contributed by atoms with Crippen LogP contribution in [-0.4, -0.2) is 82.0 Å². The fourth-order valence-electron chi connectivity index (χ4n) is 3.80. The fourth-order valence-corrected chi connectivity index (χ4v) is 3.80. The molecule has 4 heterocycles. The van der Waals surface area contributed by atoms with Crippen LogP contribution >= 0.6 is 0 Å². The molecule has 0 aromatic carbocycles. The van der Waals surface area contributed by atoms with Crippen LogP contribution in [-0.2, 0) is 16.1 Å². The zero-order chi connectivity index (χ0) is 19.0. The van der Waals surface area contributed by atoms with Crippen LogP contribution in [0.2, 0.25) is 0 Å². The number of hydrogen-bond acceptors (Lipinski definition) is 4. The molecule has 26 heavy (non-hydrogen) atoms. The lowest BCUT2D eigenvalue weighted by molar-refractivity contribution is -0.145. The zero-order valence-electron chi connectivity index (χ0n) is 15.9. The number of aryl methyl sites for hydroxylation is 2. The van der Waals surface area contributed by atoms with Gasteiger partial charge < -0.3 is 14.7 Å². The second kappa shape index (κ2) is 7.09. The van der Waals surface area contributed by atoms with Gasteiger partial charge in [0.2, 0.25) is 11.8 Å². The van der Waals surface area contributed by atoms with Gasteiger partial charge in [0.05, 0.1) is 5.92 Å². The molecule has 0 saturated carbocycles. The van der Waals surface area contributed by atoms with Crippen LogP contribution in [0.25, 0.3) is 0 Å². The number of hydrogen-bond donors (Lipinski definition) is 0. The first kappa shape index (κ1) is 18.4. The molecule has 3 fully saturated rings. The molecule has 0 radical (unpaired) electrons. The summed E-state index contributed by atoms with van der Waals surface area (Å²) in [5.41, 5.74) is 1.37. The molecule has 2 atom stereocenters. The minimum absolute atomic E-state index is 0.0120. The van der Waals surface area contributed by atoms with Crippen LogP contribution in [0.3, 0.4) is 0 Å². The first-order valence-electron chi connectivity index (χ1n) is 9.16. The van der Waals surface area contributed by atoms with Crippen molar-refractivity contribution in [1.29, 1.82) is 0 Å². The lowest BCUT2D eigenvalue weighted by Crippen LogP contribution is -2.51. The summed E-state index contributed by atoms with van der Waals surface area (Å²) in [4.78, 5) is 42.7. The standard InChI is InChI=1S/C18H27N5O3/c1-5-23-12(2)8-15(19-23)18(26)21-9-13-6-7-14(10-21)22(17(13)25)11-16(24)20(3)4/h8,13-14H,5-7,9-11H2,1-4H3/t13-,14+/m0/s1. The van der Waals surface area contributed by atoms with Gasteiger partial charge in [-0.2, -0.15) is 5.10 Å². The Kier molecular flexibility index (Phi) is 5.02. The maximum Gasteiger partial charge on any atom is 0.274 e. The smallest absolute Gasteiger partial charge is 0.274 e. The van der Waals surface area contributed by atoms with Crippen LogP contribution in [0.15, 0.2) is 6.07 Å². The largest absolute Gasteiger partial charge is 0.347 e. The first-order chi connectivity index (χ1) is 12.3. The molecule has 4 rings (SSSR count). The molecular weight excluding hydrogens is 334 g/mol. The summed E-state index contributed by atoms with van der Waals surface area (Å²) in [6.45, 7) is 5.57. The summed E-state index contributed by atoms with van der Waals surface area (Å²) in [7, 11) is 3.37. The summed E-state index contributed by atoms with van der Waals surface area (Å²) >= 11 is 0. The Morgan fingerprint density at radius 1 is 1.27 bits per heavy atom. The van der Waals surface area contributed by atoms with E-state index in [0.717, 1.165) is 18.5 Å². The number of amides is 3. The van der Waals surface area contributed by atoms with Gasteiger partial charge in [-0.3, -0.25) is 19.1 Å². The molecule has 8 nitrogen and oxygen atoms in total. The van der Waals surface area contributed by atoms with Crippen molar-refractivity contribution < 1.29 is 14.4 Å². The molecule has 0 unspecified atom stereocenters. The van der Waals surface area contributed by atoms with E-state index in [4.69, 9.17) is 0 Å². The Labute approximate surface area is 153 Å². The summed E-state index contributed by atoms with van der Waals surface area (Å²) in [6, 6.07) is 1.69. The average Bonchev–Trinajstić information content (AvgIpc) is 2.78. The number of aromatic nitrogens is 2. The highest BCUT2D eigenvalue weighted by atomic mass is 16.2. The Balaban J connectivity index is 1.79. The van der Waals surface area contributed by atoms with Gasteiger partial charge in [0.1, 0.15) is 6.54 Å². The topological polar surface area (TPSA) is 78.8 Å². The molecule has 3 amide bonds. The van der Waals surface area contributed by atoms with Gasteiger partial charge in [-0.15, -0.1) is 0 Å². The van der Waals surface area contributed by atoms with E-state index in [1.54, 1.807) is 34.6 Å². The van der Waals surface area contributed by atoms with Crippen LogP contribution in [0.1, 0.15) is 35.9 Å². The molecule has 142 valence electrons. The predicted octanol–water partition coefficient (Wildman–Crippen LogP) is 0.363. The predicted molar refractivity (Wildman–Crippen MR) is 95.5 cm³/mol. The van der Waals surface area contributed by atoms with Gasteiger partial charge in [-0.25, -0.2) is 0 Å². The van der Waals surface area contributed by atoms with Crippen molar-refractivity contribution in [2.45, 2.75) is 39.3 Å². The Hall–Kier alpha value is -2.38. The monoisotopic (exact) mass is 361 g/mol. The molecule has 3 saturated heterocycles. The van der Waals surface area contributed by atoms with Crippen LogP contribution in [0, 0.1) is 12.8 Å². The summed E-state index contributed by atoms with van der Waals surface area (Å²) in [6.07, 6.45) is 1.59. The maximum absolute atomic E-state index is 12.9. The van der Waals surface area contributed by atoms with Crippen molar-refractivity contribution in [3.63, 3.8) is 0 Å². The minimum Gasteiger partial charge on any atom is -0.347 e. The van der Waals surface area contributed by atoms with Gasteiger partial charge in [-0.1, -0.05) is 0 Å². The van der Waals surface area contributed by atoms with E-state index < -0.39 is 0 Å². The number of carbonyl (C=O) groups is 3. The SMILES string of the molecule is CCn1nc(C(=O)N2C[C@@H]3CC[C@H](C2)N(CC(=O)N(C)C)C3=O)cc1C. The van der Waals surface area contributed by atoms with E-state index in [9.17, 15) is 14.4 Å². The Bertz CT molecular complexity index is 726. The number of piperidine rings is 1. The number of rotatable bonds is 4. The highest BCUT2D eigenvalue weighted by Gasteiger charge is 2.43. The molecule has 0 N–H and O–H groups in total. The Morgan fingerprint density at radius 3 is 2.62 bits per heavy atom. The molecule has 3 aliphatic heterocycles. The van der Waals surface area contributed by atoms with Crippen molar-refractivity contribution in [3.05, 3.63) is 17.5 Å². The first-order valence-corrected chi connectivity index (χ1v) is 9.16. The third-order valence-electron chi connectivity index (χ3n) is 5.38. The molecule has 3 aliphatic rings. The lowest BCUT2D eigenvalue weighted by Gasteiger charge is -2.35. The van der Waals surface area contributed by atoms with Crippen molar-refractivity contribution in [2.75, 3.05) is 33.7 Å². The highest BCUT2D eigenvalue weighted by Crippen LogP contribution is 2.29. The molecule has 8 heteroatoms. The van der Waals surface area contributed by atoms with Gasteiger partial charge >= 0.3 is 0 Å². The van der Waals surface area contributed by atoms with Crippen molar-refractivity contribution in [3.8, 4) is 0 Å². The van der Waals surface area contributed by atoms with Gasteiger partial charge in [0.15, 0.2) is 5.69 Å². The van der Waals surface area contributed by atoms with Gasteiger partial charge in [-0.05, 0) is 32.8 Å². The van der Waals surface area contributed by atoms with E-state index in [2.05, 4.69) is 5.10 Å². The fraction of sp³-hybridized carbons (Fsp3) is 0.667. The van der Waals surface area contributed by atoms with Crippen LogP contribution in [0.4, 0.5) is 0 Å². The number of likely N-dealkylation sites (N-methyl/N-ethyl adjacent to an activating group) is 1. The van der Waals surface area contributed by atoms with E-state index in [1.807, 2.05) is 13.8 Å². The van der Waals surface area contributed by atoms with Crippen molar-refractivity contribution >= 4 is 17.7 Å². The van der Waals surface area contributed by atoms with Crippen molar-refractivity contribution in [1.82, 2.24) is 24.5 Å². The zero-order valence-corrected chi connectivity index (χ0v) is 15.9. The molecule has 1 aromatic rings. The quantitative estimate of drug-likeness (QED) is 0.776. The van der Waals surface area contributed by atoms with Crippen molar-refractivity contribution in [2.24, 2.45) is 5.92 Å². The normalized spacial score (nSPS) is 22.5. The molecule has 0 spiro atoms. The van der Waals surface area contributed by atoms with E-state index >= 15 is 0 Å². The van der Waals surface area contributed by atoms with Crippen LogP contribution in [0.5, 0.6) is 0 Å². The molecule has 1 aromatic heterocycles. The average molecular weight is 361 g/mol. The second-order valence-corrected chi connectivity index (χ2v) is 7.38. The Morgan fingerprint density at radius 2 is 2.00 bits per heavy atom. The van der Waals surface area contributed by atoms with E-state index in [-0.39, 0.29) is 36.2 Å². The number of carbonyl (C=O) groups excluding carboxylic acids is 3. The van der Waals surface area contributed by atoms with E-state index in [1.165, 1.54) is 4.90 Å². The second-order valence-electron chi connectivity index (χ2n) is 7.38. The summed E-state index contributed by atoms with van der Waals surface area (Å²) in [5.74, 6) is -0.476. The third-order valence-corrected chi connectivity index (χ3v) is 5.38. The molecular formula is C18H27N5O3. The number of fused-ring (bicyclic) bond motifs is 4.